The van der Waals surface area contributed by atoms with Gasteiger partial charge in [0.1, 0.15) is 10.7 Å². The molecule has 2 aromatic carbocycles. The van der Waals surface area contributed by atoms with Gasteiger partial charge in [-0.2, -0.15) is 0 Å². The molecule has 2 aromatic rings. The number of rotatable bonds is 6. The standard InChI is InChI=1S/C26H28ClN3O3/c1-16-8-13-21(17(2)14-16)29-24(31)19-11-9-18(10-12-19)15-28-23-22(27)25(32)30(26(23)33)20-6-4-3-5-7-20/h8-14,20,28H,3-7,15H2,1-2H3,(H,29,31). The fourth-order valence-corrected chi connectivity index (χ4v) is 4.69. The van der Waals surface area contributed by atoms with Crippen LogP contribution in [0.3, 0.4) is 0 Å². The minimum absolute atomic E-state index is 0.0463. The van der Waals surface area contributed by atoms with E-state index in [1.54, 1.807) is 12.1 Å². The third-order valence-electron chi connectivity index (χ3n) is 6.31. The molecule has 0 spiro atoms. The van der Waals surface area contributed by atoms with Crippen LogP contribution in [-0.4, -0.2) is 28.7 Å². The number of hydrogen-bond donors (Lipinski definition) is 2. The number of nitrogens with one attached hydrogen (secondary N) is 2. The largest absolute Gasteiger partial charge is 0.375 e. The molecule has 7 heteroatoms. The van der Waals surface area contributed by atoms with Crippen LogP contribution in [0.4, 0.5) is 5.69 Å². The second-order valence-electron chi connectivity index (χ2n) is 8.78. The molecule has 0 saturated heterocycles. The van der Waals surface area contributed by atoms with Gasteiger partial charge in [-0.1, -0.05) is 60.7 Å². The zero-order valence-electron chi connectivity index (χ0n) is 18.9. The van der Waals surface area contributed by atoms with Crippen LogP contribution in [0.1, 0.15) is 59.2 Å². The summed E-state index contributed by atoms with van der Waals surface area (Å²) in [4.78, 5) is 39.4. The van der Waals surface area contributed by atoms with E-state index in [1.807, 2.05) is 44.2 Å². The van der Waals surface area contributed by atoms with Crippen molar-refractivity contribution in [3.8, 4) is 0 Å². The lowest BCUT2D eigenvalue weighted by Gasteiger charge is -2.29. The molecule has 2 N–H and O–H groups in total. The number of aryl methyl sites for hydroxylation is 2. The summed E-state index contributed by atoms with van der Waals surface area (Å²) in [5.74, 6) is -0.942. The van der Waals surface area contributed by atoms with Crippen molar-refractivity contribution in [1.29, 1.82) is 0 Å². The zero-order valence-corrected chi connectivity index (χ0v) is 19.7. The lowest BCUT2D eigenvalue weighted by Crippen LogP contribution is -2.43. The highest BCUT2D eigenvalue weighted by Gasteiger charge is 2.41. The Morgan fingerprint density at radius 3 is 2.36 bits per heavy atom. The van der Waals surface area contributed by atoms with E-state index in [0.717, 1.165) is 54.5 Å². The first-order chi connectivity index (χ1) is 15.8. The molecule has 0 atom stereocenters. The van der Waals surface area contributed by atoms with Crippen LogP contribution >= 0.6 is 11.6 Å². The molecule has 2 aliphatic rings. The van der Waals surface area contributed by atoms with Crippen LogP contribution < -0.4 is 10.6 Å². The lowest BCUT2D eigenvalue weighted by molar-refractivity contribution is -0.140. The first-order valence-corrected chi connectivity index (χ1v) is 11.7. The number of imide groups is 1. The van der Waals surface area contributed by atoms with Gasteiger partial charge in [0.25, 0.3) is 17.7 Å². The number of hydrogen-bond acceptors (Lipinski definition) is 4. The molecule has 33 heavy (non-hydrogen) atoms. The molecule has 1 heterocycles. The third kappa shape index (κ3) is 4.96. The van der Waals surface area contributed by atoms with E-state index < -0.39 is 5.91 Å². The smallest absolute Gasteiger partial charge is 0.278 e. The maximum Gasteiger partial charge on any atom is 0.278 e. The SMILES string of the molecule is Cc1ccc(NC(=O)c2ccc(CNC3=C(Cl)C(=O)N(C4CCCCC4)C3=O)cc2)c(C)c1. The molecular weight excluding hydrogens is 438 g/mol. The molecule has 0 bridgehead atoms. The summed E-state index contributed by atoms with van der Waals surface area (Å²) >= 11 is 6.22. The predicted octanol–water partition coefficient (Wildman–Crippen LogP) is 4.80. The Balaban J connectivity index is 1.37. The summed E-state index contributed by atoms with van der Waals surface area (Å²) < 4.78 is 0. The quantitative estimate of drug-likeness (QED) is 0.601. The summed E-state index contributed by atoms with van der Waals surface area (Å²) in [6, 6.07) is 12.9. The molecule has 0 radical (unpaired) electrons. The summed E-state index contributed by atoms with van der Waals surface area (Å²) in [6.45, 7) is 4.29. The van der Waals surface area contributed by atoms with Crippen LogP contribution in [0, 0.1) is 13.8 Å². The predicted molar refractivity (Wildman–Crippen MR) is 129 cm³/mol. The maximum atomic E-state index is 12.9. The normalized spacial score (nSPS) is 17.0. The minimum Gasteiger partial charge on any atom is -0.375 e. The van der Waals surface area contributed by atoms with E-state index in [0.29, 0.717) is 12.1 Å². The monoisotopic (exact) mass is 465 g/mol. The van der Waals surface area contributed by atoms with E-state index in [4.69, 9.17) is 11.6 Å². The van der Waals surface area contributed by atoms with Crippen molar-refractivity contribution in [2.45, 2.75) is 58.5 Å². The van der Waals surface area contributed by atoms with E-state index in [1.165, 1.54) is 4.90 Å². The van der Waals surface area contributed by atoms with Gasteiger partial charge in [-0.15, -0.1) is 0 Å². The highest BCUT2D eigenvalue weighted by molar-refractivity contribution is 6.47. The Labute approximate surface area is 199 Å². The van der Waals surface area contributed by atoms with Gasteiger partial charge in [0.15, 0.2) is 0 Å². The fraction of sp³-hybridized carbons (Fsp3) is 0.346. The Hall–Kier alpha value is -3.12. The van der Waals surface area contributed by atoms with E-state index in [2.05, 4.69) is 10.6 Å². The number of nitrogens with zero attached hydrogens (tertiary/aromatic N) is 1. The topological polar surface area (TPSA) is 78.5 Å². The highest BCUT2D eigenvalue weighted by atomic mass is 35.5. The average molecular weight is 466 g/mol. The van der Waals surface area contributed by atoms with Gasteiger partial charge in [-0.05, 0) is 56.0 Å². The Morgan fingerprint density at radius 2 is 1.70 bits per heavy atom. The second kappa shape index (κ2) is 9.79. The molecule has 0 unspecified atom stereocenters. The molecule has 1 aliphatic carbocycles. The van der Waals surface area contributed by atoms with Crippen molar-refractivity contribution in [3.63, 3.8) is 0 Å². The molecule has 3 amide bonds. The first kappa shape index (κ1) is 23.1. The molecule has 1 aliphatic heterocycles. The molecule has 1 fully saturated rings. The van der Waals surface area contributed by atoms with Crippen molar-refractivity contribution in [2.75, 3.05) is 5.32 Å². The summed E-state index contributed by atoms with van der Waals surface area (Å²) in [5, 5.41) is 5.92. The summed E-state index contributed by atoms with van der Waals surface area (Å²) in [5.41, 5.74) is 4.49. The Morgan fingerprint density at radius 1 is 1.00 bits per heavy atom. The summed E-state index contributed by atoms with van der Waals surface area (Å²) in [6.07, 6.45) is 4.84. The van der Waals surface area contributed by atoms with Gasteiger partial charge in [0.2, 0.25) is 0 Å². The van der Waals surface area contributed by atoms with Crippen molar-refractivity contribution in [3.05, 3.63) is 75.4 Å². The van der Waals surface area contributed by atoms with E-state index in [9.17, 15) is 14.4 Å². The molecule has 1 saturated carbocycles. The Kier molecular flexibility index (Phi) is 6.84. The number of carbonyl (C=O) groups excluding carboxylic acids is 3. The Bertz CT molecular complexity index is 1120. The summed E-state index contributed by atoms with van der Waals surface area (Å²) in [7, 11) is 0. The van der Waals surface area contributed by atoms with E-state index in [-0.39, 0.29) is 28.6 Å². The number of carbonyl (C=O) groups is 3. The van der Waals surface area contributed by atoms with Gasteiger partial charge in [-0.3, -0.25) is 19.3 Å². The third-order valence-corrected chi connectivity index (χ3v) is 6.66. The van der Waals surface area contributed by atoms with Gasteiger partial charge in [0.05, 0.1) is 0 Å². The van der Waals surface area contributed by atoms with Crippen molar-refractivity contribution in [1.82, 2.24) is 10.2 Å². The first-order valence-electron chi connectivity index (χ1n) is 11.3. The fourth-order valence-electron chi connectivity index (χ4n) is 4.46. The maximum absolute atomic E-state index is 12.9. The van der Waals surface area contributed by atoms with Gasteiger partial charge in [0, 0.05) is 23.8 Å². The molecular formula is C26H28ClN3O3. The second-order valence-corrected chi connectivity index (χ2v) is 9.16. The highest BCUT2D eigenvalue weighted by Crippen LogP contribution is 2.30. The number of amides is 3. The molecule has 0 aromatic heterocycles. The minimum atomic E-state index is -0.408. The van der Waals surface area contributed by atoms with E-state index >= 15 is 0 Å². The molecule has 4 rings (SSSR count). The van der Waals surface area contributed by atoms with Gasteiger partial charge >= 0.3 is 0 Å². The van der Waals surface area contributed by atoms with Gasteiger partial charge < -0.3 is 10.6 Å². The van der Waals surface area contributed by atoms with Crippen molar-refractivity contribution >= 4 is 35.0 Å². The average Bonchev–Trinajstić information content (AvgIpc) is 3.03. The van der Waals surface area contributed by atoms with Crippen LogP contribution in [0.5, 0.6) is 0 Å². The van der Waals surface area contributed by atoms with Crippen LogP contribution in [-0.2, 0) is 16.1 Å². The zero-order chi connectivity index (χ0) is 23.5. The number of halogens is 1. The molecule has 172 valence electrons. The lowest BCUT2D eigenvalue weighted by atomic mass is 9.94. The number of benzene rings is 2. The number of anilines is 1. The van der Waals surface area contributed by atoms with Crippen LogP contribution in [0.15, 0.2) is 53.2 Å². The van der Waals surface area contributed by atoms with Crippen molar-refractivity contribution < 1.29 is 14.4 Å². The molecule has 6 nitrogen and oxygen atoms in total. The van der Waals surface area contributed by atoms with Crippen LogP contribution in [0.25, 0.3) is 0 Å². The van der Waals surface area contributed by atoms with Crippen molar-refractivity contribution in [2.24, 2.45) is 0 Å². The van der Waals surface area contributed by atoms with Gasteiger partial charge in [-0.25, -0.2) is 0 Å². The van der Waals surface area contributed by atoms with Crippen LogP contribution in [0.2, 0.25) is 0 Å².